The van der Waals surface area contributed by atoms with Gasteiger partial charge in [0.15, 0.2) is 5.78 Å². The van der Waals surface area contributed by atoms with Crippen molar-refractivity contribution >= 4 is 5.78 Å². The monoisotopic (exact) mass is 281 g/mol. The van der Waals surface area contributed by atoms with Gasteiger partial charge < -0.3 is 4.74 Å². The van der Waals surface area contributed by atoms with Crippen molar-refractivity contribution in [3.05, 3.63) is 34.9 Å². The maximum atomic E-state index is 14.0. The second-order valence-corrected chi connectivity index (χ2v) is 5.53. The number of fused-ring (bicyclic) bond motifs is 1. The molecule has 2 atom stereocenters. The van der Waals surface area contributed by atoms with E-state index >= 15 is 0 Å². The Labute approximate surface area is 116 Å². The molecule has 0 amide bonds. The number of carbonyl (C=O) groups is 1. The minimum Gasteiger partial charge on any atom is -0.367 e. The van der Waals surface area contributed by atoms with Crippen molar-refractivity contribution in [1.29, 1.82) is 0 Å². The zero-order chi connectivity index (χ0) is 14.3. The van der Waals surface area contributed by atoms with E-state index in [-0.39, 0.29) is 5.56 Å². The second kappa shape index (κ2) is 5.22. The molecule has 20 heavy (non-hydrogen) atoms. The number of hydrogen-bond donors (Lipinski definition) is 0. The molecule has 2 heterocycles. The van der Waals surface area contributed by atoms with Gasteiger partial charge in [0.1, 0.15) is 17.7 Å². The Morgan fingerprint density at radius 3 is 3.00 bits per heavy atom. The molecule has 2 saturated heterocycles. The van der Waals surface area contributed by atoms with Gasteiger partial charge in [0.2, 0.25) is 0 Å². The molecular weight excluding hydrogens is 264 g/mol. The molecule has 108 valence electrons. The summed E-state index contributed by atoms with van der Waals surface area (Å²) >= 11 is 0. The van der Waals surface area contributed by atoms with E-state index in [1.54, 1.807) is 0 Å². The molecule has 0 radical (unpaired) electrons. The van der Waals surface area contributed by atoms with Crippen molar-refractivity contribution < 1.29 is 18.3 Å². The van der Waals surface area contributed by atoms with Crippen LogP contribution >= 0.6 is 0 Å². The molecule has 5 heteroatoms. The number of hydrogen-bond acceptors (Lipinski definition) is 3. The Kier molecular flexibility index (Phi) is 3.56. The Balaban J connectivity index is 1.84. The highest BCUT2D eigenvalue weighted by Gasteiger charge is 2.37. The summed E-state index contributed by atoms with van der Waals surface area (Å²) in [6.45, 7) is 3.34. The average molecular weight is 281 g/mol. The first-order valence-electron chi connectivity index (χ1n) is 6.92. The minimum atomic E-state index is -0.815. The van der Waals surface area contributed by atoms with E-state index in [1.165, 1.54) is 13.0 Å². The second-order valence-electron chi connectivity index (χ2n) is 5.53. The largest absolute Gasteiger partial charge is 0.367 e. The van der Waals surface area contributed by atoms with E-state index < -0.39 is 29.1 Å². The van der Waals surface area contributed by atoms with Crippen LogP contribution < -0.4 is 0 Å². The number of carbonyl (C=O) groups excluding carboxylic acids is 1. The lowest BCUT2D eigenvalue weighted by atomic mass is 10.0. The highest BCUT2D eigenvalue weighted by atomic mass is 19.1. The fourth-order valence-electron chi connectivity index (χ4n) is 3.02. The molecule has 2 aliphatic heterocycles. The zero-order valence-corrected chi connectivity index (χ0v) is 11.4. The fraction of sp³-hybridized carbons (Fsp3) is 0.533. The Hall–Kier alpha value is -1.33. The van der Waals surface area contributed by atoms with E-state index in [9.17, 15) is 13.6 Å². The summed E-state index contributed by atoms with van der Waals surface area (Å²) in [5, 5.41) is 0. The van der Waals surface area contributed by atoms with Crippen molar-refractivity contribution in [3.8, 4) is 0 Å². The van der Waals surface area contributed by atoms with Gasteiger partial charge in [-0.15, -0.1) is 0 Å². The third kappa shape index (κ3) is 2.25. The van der Waals surface area contributed by atoms with Crippen molar-refractivity contribution in [2.24, 2.45) is 0 Å². The predicted octanol–water partition coefficient (Wildman–Crippen LogP) is 2.32. The summed E-state index contributed by atoms with van der Waals surface area (Å²) < 4.78 is 33.3. The van der Waals surface area contributed by atoms with Crippen LogP contribution in [0, 0.1) is 18.6 Å². The first-order valence-corrected chi connectivity index (χ1v) is 6.92. The molecule has 3 nitrogen and oxygen atoms in total. The highest BCUT2D eigenvalue weighted by Crippen LogP contribution is 2.26. The fourth-order valence-corrected chi connectivity index (χ4v) is 3.02. The van der Waals surface area contributed by atoms with Gasteiger partial charge in [-0.25, -0.2) is 8.78 Å². The quantitative estimate of drug-likeness (QED) is 0.779. The zero-order valence-electron chi connectivity index (χ0n) is 11.4. The predicted molar refractivity (Wildman–Crippen MR) is 69.8 cm³/mol. The molecule has 0 bridgehead atoms. The maximum absolute atomic E-state index is 14.0. The molecule has 2 fully saturated rings. The third-order valence-electron chi connectivity index (χ3n) is 4.21. The van der Waals surface area contributed by atoms with Crippen molar-refractivity contribution in [3.63, 3.8) is 0 Å². The van der Waals surface area contributed by atoms with Gasteiger partial charge in [-0.3, -0.25) is 9.69 Å². The topological polar surface area (TPSA) is 29.5 Å². The Morgan fingerprint density at radius 2 is 2.20 bits per heavy atom. The van der Waals surface area contributed by atoms with Crippen LogP contribution in [0.3, 0.4) is 0 Å². The molecule has 2 aliphatic rings. The molecule has 0 aromatic heterocycles. The molecule has 3 rings (SSSR count). The molecule has 0 aliphatic carbocycles. The lowest BCUT2D eigenvalue weighted by Gasteiger charge is -2.34. The van der Waals surface area contributed by atoms with Crippen LogP contribution in [0.15, 0.2) is 12.1 Å². The number of ketones is 1. The van der Waals surface area contributed by atoms with Crippen LogP contribution in [0.5, 0.6) is 0 Å². The third-order valence-corrected chi connectivity index (χ3v) is 4.21. The summed E-state index contributed by atoms with van der Waals surface area (Å²) in [5.41, 5.74) is -0.197. The number of aryl methyl sites for hydroxylation is 1. The van der Waals surface area contributed by atoms with Crippen LogP contribution in [0.2, 0.25) is 0 Å². The summed E-state index contributed by atoms with van der Waals surface area (Å²) in [5.74, 6) is -2.18. The Morgan fingerprint density at radius 1 is 1.40 bits per heavy atom. The molecule has 0 spiro atoms. The molecule has 1 aromatic rings. The van der Waals surface area contributed by atoms with Crippen molar-refractivity contribution in [1.82, 2.24) is 4.90 Å². The SMILES string of the molecule is Cc1ccc(F)c(C(=O)C2CN3CCCC3CO2)c1F. The number of halogens is 2. The number of ether oxygens (including phenoxy) is 1. The van der Waals surface area contributed by atoms with E-state index in [4.69, 9.17) is 4.74 Å². The van der Waals surface area contributed by atoms with Gasteiger partial charge in [-0.1, -0.05) is 6.07 Å². The average Bonchev–Trinajstić information content (AvgIpc) is 2.90. The highest BCUT2D eigenvalue weighted by molar-refractivity contribution is 6.00. The van der Waals surface area contributed by atoms with Crippen LogP contribution in [0.4, 0.5) is 8.78 Å². The Bertz CT molecular complexity index is 547. The number of Topliss-reactive ketones (excluding diaryl/α,β-unsaturated/α-hetero) is 1. The van der Waals surface area contributed by atoms with E-state index in [1.807, 2.05) is 0 Å². The van der Waals surface area contributed by atoms with E-state index in [0.717, 1.165) is 25.5 Å². The van der Waals surface area contributed by atoms with Gasteiger partial charge in [-0.05, 0) is 37.9 Å². The maximum Gasteiger partial charge on any atom is 0.198 e. The number of benzene rings is 1. The molecular formula is C15H17F2NO2. The van der Waals surface area contributed by atoms with Crippen LogP contribution in [-0.2, 0) is 4.74 Å². The first kappa shape index (κ1) is 13.6. The first-order chi connectivity index (χ1) is 9.58. The lowest BCUT2D eigenvalue weighted by Crippen LogP contribution is -2.49. The number of rotatable bonds is 2. The van der Waals surface area contributed by atoms with E-state index in [2.05, 4.69) is 4.90 Å². The summed E-state index contributed by atoms with van der Waals surface area (Å²) in [6, 6.07) is 2.82. The van der Waals surface area contributed by atoms with Crippen molar-refractivity contribution in [2.75, 3.05) is 19.7 Å². The number of morpholine rings is 1. The number of nitrogens with zero attached hydrogens (tertiary/aromatic N) is 1. The lowest BCUT2D eigenvalue weighted by molar-refractivity contribution is -0.0347. The van der Waals surface area contributed by atoms with Gasteiger partial charge >= 0.3 is 0 Å². The van der Waals surface area contributed by atoms with Crippen LogP contribution in [-0.4, -0.2) is 42.5 Å². The van der Waals surface area contributed by atoms with Gasteiger partial charge in [-0.2, -0.15) is 0 Å². The van der Waals surface area contributed by atoms with Gasteiger partial charge in [0.25, 0.3) is 0 Å². The van der Waals surface area contributed by atoms with Gasteiger partial charge in [0.05, 0.1) is 12.2 Å². The molecule has 0 N–H and O–H groups in total. The summed E-state index contributed by atoms with van der Waals surface area (Å²) in [4.78, 5) is 14.5. The minimum absolute atomic E-state index is 0.268. The van der Waals surface area contributed by atoms with Crippen molar-refractivity contribution in [2.45, 2.75) is 31.9 Å². The van der Waals surface area contributed by atoms with Crippen LogP contribution in [0.25, 0.3) is 0 Å². The summed E-state index contributed by atoms with van der Waals surface area (Å²) in [7, 11) is 0. The van der Waals surface area contributed by atoms with Crippen LogP contribution in [0.1, 0.15) is 28.8 Å². The standard InChI is InChI=1S/C15H17F2NO2/c1-9-4-5-11(16)13(14(9)17)15(19)12-7-18-6-2-3-10(18)8-20-12/h4-5,10,12H,2-3,6-8H2,1H3. The molecule has 2 unspecified atom stereocenters. The van der Waals surface area contributed by atoms with Gasteiger partial charge in [0, 0.05) is 12.6 Å². The molecule has 1 aromatic carbocycles. The molecule has 0 saturated carbocycles. The van der Waals surface area contributed by atoms with E-state index in [0.29, 0.717) is 19.2 Å². The smallest absolute Gasteiger partial charge is 0.198 e. The normalized spacial score (nSPS) is 26.6. The summed E-state index contributed by atoms with van der Waals surface area (Å²) in [6.07, 6.45) is 1.38.